The fraction of sp³-hybridized carbons (Fsp3) is 0.389. The van der Waals surface area contributed by atoms with Crippen LogP contribution < -0.4 is 10.0 Å². The van der Waals surface area contributed by atoms with Gasteiger partial charge in [0.25, 0.3) is 0 Å². The Bertz CT molecular complexity index is 885. The number of hydrogen-bond acceptors (Lipinski definition) is 5. The maximum Gasteiger partial charge on any atom is 0.221 e. The number of nitrogens with zero attached hydrogens (tertiary/aromatic N) is 2. The number of aromatic nitrogens is 2. The van der Waals surface area contributed by atoms with Crippen LogP contribution in [0.25, 0.3) is 11.4 Å². The van der Waals surface area contributed by atoms with Crippen LogP contribution in [-0.2, 0) is 21.2 Å². The molecule has 1 aromatic carbocycles. The Hall–Kier alpha value is -2.32. The molecule has 3 rings (SSSR count). The molecule has 0 radical (unpaired) electrons. The Morgan fingerprint density at radius 1 is 1.27 bits per heavy atom. The van der Waals surface area contributed by atoms with Crippen molar-refractivity contribution in [3.8, 4) is 11.4 Å². The summed E-state index contributed by atoms with van der Waals surface area (Å²) >= 11 is 0. The van der Waals surface area contributed by atoms with Gasteiger partial charge in [-0.05, 0) is 19.3 Å². The number of amides is 1. The topological polar surface area (TPSA) is 101 Å². The summed E-state index contributed by atoms with van der Waals surface area (Å²) in [4.78, 5) is 21.3. The van der Waals surface area contributed by atoms with Crippen molar-refractivity contribution in [2.45, 2.75) is 31.7 Å². The minimum absolute atomic E-state index is 0.0910. The quantitative estimate of drug-likeness (QED) is 0.799. The average Bonchev–Trinajstić information content (AvgIpc) is 2.61. The van der Waals surface area contributed by atoms with E-state index in [4.69, 9.17) is 0 Å². The first-order valence-corrected chi connectivity index (χ1v) is 10.5. The smallest absolute Gasteiger partial charge is 0.221 e. The molecule has 1 amide bonds. The molecule has 0 saturated heterocycles. The van der Waals surface area contributed by atoms with Gasteiger partial charge in [-0.15, -0.1) is 0 Å². The molecule has 1 heterocycles. The van der Waals surface area contributed by atoms with Gasteiger partial charge in [0, 0.05) is 36.0 Å². The zero-order valence-corrected chi connectivity index (χ0v) is 15.4. The van der Waals surface area contributed by atoms with Crippen LogP contribution in [-0.4, -0.2) is 37.1 Å². The minimum atomic E-state index is -3.28. The lowest BCUT2D eigenvalue weighted by Crippen LogP contribution is -2.34. The molecule has 1 aliphatic rings. The Kier molecular flexibility index (Phi) is 5.63. The average molecular weight is 374 g/mol. The third-order valence-corrected chi connectivity index (χ3v) is 4.99. The zero-order valence-electron chi connectivity index (χ0n) is 14.6. The lowest BCUT2D eigenvalue weighted by molar-refractivity contribution is -0.121. The van der Waals surface area contributed by atoms with Crippen molar-refractivity contribution < 1.29 is 13.2 Å². The lowest BCUT2D eigenvalue weighted by Gasteiger charge is -2.25. The van der Waals surface area contributed by atoms with E-state index in [1.165, 1.54) is 0 Å². The van der Waals surface area contributed by atoms with Crippen LogP contribution in [0.5, 0.6) is 0 Å². The molecule has 26 heavy (non-hydrogen) atoms. The third kappa shape index (κ3) is 4.86. The van der Waals surface area contributed by atoms with E-state index in [0.29, 0.717) is 5.82 Å². The number of rotatable bonds is 6. The van der Waals surface area contributed by atoms with E-state index < -0.39 is 10.0 Å². The van der Waals surface area contributed by atoms with E-state index in [2.05, 4.69) is 20.0 Å². The second-order valence-electron chi connectivity index (χ2n) is 6.39. The Morgan fingerprint density at radius 2 is 2.04 bits per heavy atom. The summed E-state index contributed by atoms with van der Waals surface area (Å²) in [5.41, 5.74) is 2.87. The molecule has 1 aromatic heterocycles. The van der Waals surface area contributed by atoms with Crippen LogP contribution >= 0.6 is 0 Å². The molecule has 0 spiro atoms. The number of hydrogen-bond donors (Lipinski definition) is 2. The maximum atomic E-state index is 12.1. The molecule has 2 N–H and O–H groups in total. The summed E-state index contributed by atoms with van der Waals surface area (Å²) in [5, 5.41) is 2.97. The molecule has 1 atom stereocenters. The molecule has 7 nitrogen and oxygen atoms in total. The Labute approximate surface area is 153 Å². The predicted molar refractivity (Wildman–Crippen MR) is 98.8 cm³/mol. The third-order valence-electron chi connectivity index (χ3n) is 4.27. The van der Waals surface area contributed by atoms with Crippen molar-refractivity contribution in [2.75, 3.05) is 12.8 Å². The van der Waals surface area contributed by atoms with Crippen LogP contribution in [0.1, 0.15) is 36.6 Å². The summed E-state index contributed by atoms with van der Waals surface area (Å²) < 4.78 is 24.4. The monoisotopic (exact) mass is 374 g/mol. The first-order chi connectivity index (χ1) is 12.4. The van der Waals surface area contributed by atoms with Gasteiger partial charge in [-0.1, -0.05) is 30.3 Å². The molecule has 2 aromatic rings. The lowest BCUT2D eigenvalue weighted by atomic mass is 9.92. The minimum Gasteiger partial charge on any atom is -0.349 e. The van der Waals surface area contributed by atoms with Gasteiger partial charge < -0.3 is 5.32 Å². The molecule has 0 bridgehead atoms. The standard InChI is InChI=1S/C18H22N4O3S/c1-26(24,25)20-11-10-17(23)21-15-8-5-9-16-14(15)12-19-18(22-16)13-6-3-2-4-7-13/h2-4,6-7,12,15,20H,5,8-11H2,1H3,(H,21,23)/t15-/m0/s1. The molecular formula is C18H22N4O3S. The van der Waals surface area contributed by atoms with Crippen molar-refractivity contribution in [3.05, 3.63) is 47.8 Å². The highest BCUT2D eigenvalue weighted by molar-refractivity contribution is 7.88. The highest BCUT2D eigenvalue weighted by atomic mass is 32.2. The van der Waals surface area contributed by atoms with Gasteiger partial charge in [-0.2, -0.15) is 0 Å². The number of aryl methyl sites for hydroxylation is 1. The second kappa shape index (κ2) is 7.92. The van der Waals surface area contributed by atoms with Gasteiger partial charge in [0.15, 0.2) is 5.82 Å². The Morgan fingerprint density at radius 3 is 2.77 bits per heavy atom. The van der Waals surface area contributed by atoms with Crippen LogP contribution in [0.2, 0.25) is 0 Å². The molecule has 0 unspecified atom stereocenters. The summed E-state index contributed by atoms with van der Waals surface area (Å²) in [6.07, 6.45) is 5.59. The molecule has 1 aliphatic carbocycles. The molecule has 0 saturated carbocycles. The highest BCUT2D eigenvalue weighted by Gasteiger charge is 2.24. The first kappa shape index (κ1) is 18.5. The van der Waals surface area contributed by atoms with E-state index in [-0.39, 0.29) is 24.9 Å². The maximum absolute atomic E-state index is 12.1. The second-order valence-corrected chi connectivity index (χ2v) is 8.22. The van der Waals surface area contributed by atoms with Crippen molar-refractivity contribution >= 4 is 15.9 Å². The van der Waals surface area contributed by atoms with Crippen LogP contribution in [0.4, 0.5) is 0 Å². The molecule has 8 heteroatoms. The number of fused-ring (bicyclic) bond motifs is 1. The largest absolute Gasteiger partial charge is 0.349 e. The number of nitrogens with one attached hydrogen (secondary N) is 2. The van der Waals surface area contributed by atoms with Gasteiger partial charge in [-0.25, -0.2) is 23.1 Å². The van der Waals surface area contributed by atoms with E-state index >= 15 is 0 Å². The highest BCUT2D eigenvalue weighted by Crippen LogP contribution is 2.29. The molecular weight excluding hydrogens is 352 g/mol. The van der Waals surface area contributed by atoms with E-state index in [9.17, 15) is 13.2 Å². The van der Waals surface area contributed by atoms with Gasteiger partial charge in [0.1, 0.15) is 0 Å². The van der Waals surface area contributed by atoms with E-state index in [0.717, 1.165) is 42.3 Å². The van der Waals surface area contributed by atoms with Crippen LogP contribution in [0, 0.1) is 0 Å². The predicted octanol–water partition coefficient (Wildman–Crippen LogP) is 1.58. The van der Waals surface area contributed by atoms with Gasteiger partial charge in [0.05, 0.1) is 12.3 Å². The van der Waals surface area contributed by atoms with Crippen molar-refractivity contribution in [1.82, 2.24) is 20.0 Å². The zero-order chi connectivity index (χ0) is 18.6. The summed E-state index contributed by atoms with van der Waals surface area (Å²) in [6, 6.07) is 9.66. The Balaban J connectivity index is 1.68. The van der Waals surface area contributed by atoms with Crippen LogP contribution in [0.15, 0.2) is 36.5 Å². The molecule has 138 valence electrons. The van der Waals surface area contributed by atoms with E-state index in [1.807, 2.05) is 30.3 Å². The number of sulfonamides is 1. The summed E-state index contributed by atoms with van der Waals surface area (Å²) in [7, 11) is -3.28. The van der Waals surface area contributed by atoms with Gasteiger partial charge in [-0.3, -0.25) is 4.79 Å². The molecule has 0 fully saturated rings. The number of carbonyl (C=O) groups excluding carboxylic acids is 1. The molecule has 0 aliphatic heterocycles. The first-order valence-electron chi connectivity index (χ1n) is 8.57. The summed E-state index contributed by atoms with van der Waals surface area (Å²) in [5.74, 6) is 0.500. The fourth-order valence-electron chi connectivity index (χ4n) is 3.04. The normalized spacial score (nSPS) is 16.7. The van der Waals surface area contributed by atoms with Gasteiger partial charge >= 0.3 is 0 Å². The van der Waals surface area contributed by atoms with Crippen molar-refractivity contribution in [1.29, 1.82) is 0 Å². The van der Waals surface area contributed by atoms with Gasteiger partial charge in [0.2, 0.25) is 15.9 Å². The SMILES string of the molecule is CS(=O)(=O)NCCC(=O)N[C@H]1CCCc2nc(-c3ccccc3)ncc21. The van der Waals surface area contributed by atoms with Crippen molar-refractivity contribution in [3.63, 3.8) is 0 Å². The van der Waals surface area contributed by atoms with Crippen LogP contribution in [0.3, 0.4) is 0 Å². The van der Waals surface area contributed by atoms with Crippen molar-refractivity contribution in [2.24, 2.45) is 0 Å². The number of carbonyl (C=O) groups is 1. The van der Waals surface area contributed by atoms with E-state index in [1.54, 1.807) is 6.20 Å². The summed E-state index contributed by atoms with van der Waals surface area (Å²) in [6.45, 7) is 0.0910. The fourth-order valence-corrected chi connectivity index (χ4v) is 3.51. The number of benzene rings is 1.